The van der Waals surface area contributed by atoms with Crippen LogP contribution in [0.2, 0.25) is 5.02 Å². The molecule has 5 nitrogen and oxygen atoms in total. The summed E-state index contributed by atoms with van der Waals surface area (Å²) in [4.78, 5) is 20.2. The number of nitrogens with zero attached hydrogens (tertiary/aromatic N) is 3. The van der Waals surface area contributed by atoms with E-state index >= 15 is 0 Å². The SMILES string of the molecule is CC1N=C(c2ccccc2F)c2cc(Cl)ccc2-n2cnc(C(=O)O)c21. The van der Waals surface area contributed by atoms with E-state index < -0.39 is 17.8 Å². The number of carboxylic acids is 1. The average Bonchev–Trinajstić information content (AvgIpc) is 3.01. The van der Waals surface area contributed by atoms with Crippen molar-refractivity contribution in [2.24, 2.45) is 4.99 Å². The van der Waals surface area contributed by atoms with Crippen molar-refractivity contribution in [1.29, 1.82) is 0 Å². The summed E-state index contributed by atoms with van der Waals surface area (Å²) >= 11 is 6.17. The van der Waals surface area contributed by atoms with Crippen LogP contribution in [-0.4, -0.2) is 26.3 Å². The fraction of sp³-hybridized carbons (Fsp3) is 0.105. The first-order chi connectivity index (χ1) is 12.5. The molecule has 1 aliphatic heterocycles. The molecule has 0 fully saturated rings. The molecule has 0 bridgehead atoms. The van der Waals surface area contributed by atoms with E-state index in [0.717, 1.165) is 0 Å². The van der Waals surface area contributed by atoms with Gasteiger partial charge in [-0.2, -0.15) is 0 Å². The van der Waals surface area contributed by atoms with Crippen LogP contribution in [0.25, 0.3) is 5.69 Å². The molecule has 1 aromatic heterocycles. The van der Waals surface area contributed by atoms with Gasteiger partial charge in [0.15, 0.2) is 5.69 Å². The van der Waals surface area contributed by atoms with E-state index in [9.17, 15) is 14.3 Å². The third-order valence-electron chi connectivity index (χ3n) is 4.33. The van der Waals surface area contributed by atoms with Crippen molar-refractivity contribution in [2.45, 2.75) is 13.0 Å². The Kier molecular flexibility index (Phi) is 3.85. The minimum Gasteiger partial charge on any atom is -0.476 e. The highest BCUT2D eigenvalue weighted by molar-refractivity contribution is 6.31. The zero-order chi connectivity index (χ0) is 18.4. The Morgan fingerprint density at radius 1 is 1.23 bits per heavy atom. The third kappa shape index (κ3) is 2.50. The van der Waals surface area contributed by atoms with E-state index in [0.29, 0.717) is 33.2 Å². The Labute approximate surface area is 153 Å². The van der Waals surface area contributed by atoms with Gasteiger partial charge in [0.1, 0.15) is 12.1 Å². The largest absolute Gasteiger partial charge is 0.476 e. The second-order valence-corrected chi connectivity index (χ2v) is 6.39. The lowest BCUT2D eigenvalue weighted by Crippen LogP contribution is -2.09. The van der Waals surface area contributed by atoms with E-state index in [4.69, 9.17) is 11.6 Å². The van der Waals surface area contributed by atoms with E-state index in [1.807, 2.05) is 0 Å². The van der Waals surface area contributed by atoms with Gasteiger partial charge < -0.3 is 5.11 Å². The molecular formula is C19H13ClFN3O2. The molecular weight excluding hydrogens is 357 g/mol. The van der Waals surface area contributed by atoms with E-state index in [-0.39, 0.29) is 5.69 Å². The van der Waals surface area contributed by atoms with Crippen molar-refractivity contribution in [1.82, 2.24) is 9.55 Å². The molecule has 0 radical (unpaired) electrons. The Hall–Kier alpha value is -2.99. The minimum atomic E-state index is -1.13. The van der Waals surface area contributed by atoms with Crippen LogP contribution in [0.5, 0.6) is 0 Å². The summed E-state index contributed by atoms with van der Waals surface area (Å²) in [6.07, 6.45) is 1.45. The van der Waals surface area contributed by atoms with Gasteiger partial charge in [-0.25, -0.2) is 14.2 Å². The molecule has 2 aromatic carbocycles. The zero-order valence-electron chi connectivity index (χ0n) is 13.6. The Balaban J connectivity index is 2.07. The second kappa shape index (κ2) is 6.07. The predicted molar refractivity (Wildman–Crippen MR) is 96.0 cm³/mol. The molecule has 4 rings (SSSR count). The molecule has 1 unspecified atom stereocenters. The topological polar surface area (TPSA) is 67.5 Å². The number of hydrogen-bond donors (Lipinski definition) is 1. The normalized spacial score (nSPS) is 15.7. The number of halogens is 2. The van der Waals surface area contributed by atoms with E-state index in [1.165, 1.54) is 12.4 Å². The number of aromatic nitrogens is 2. The molecule has 0 spiro atoms. The van der Waals surface area contributed by atoms with Crippen LogP contribution < -0.4 is 0 Å². The molecule has 2 heterocycles. The summed E-state index contributed by atoms with van der Waals surface area (Å²) < 4.78 is 16.1. The minimum absolute atomic E-state index is 0.0723. The van der Waals surface area contributed by atoms with Crippen LogP contribution in [-0.2, 0) is 0 Å². The first-order valence-corrected chi connectivity index (χ1v) is 8.28. The lowest BCUT2D eigenvalue weighted by Gasteiger charge is -2.12. The molecule has 130 valence electrons. The van der Waals surface area contributed by atoms with Gasteiger partial charge in [-0.15, -0.1) is 0 Å². The number of carboxylic acid groups (broad SMARTS) is 1. The van der Waals surface area contributed by atoms with Gasteiger partial charge in [0.2, 0.25) is 0 Å². The van der Waals surface area contributed by atoms with Gasteiger partial charge in [0.05, 0.1) is 23.1 Å². The molecule has 1 N–H and O–H groups in total. The fourth-order valence-corrected chi connectivity index (χ4v) is 3.39. The Morgan fingerprint density at radius 3 is 2.73 bits per heavy atom. The number of carbonyl (C=O) groups is 1. The number of imidazole rings is 1. The molecule has 1 atom stereocenters. The monoisotopic (exact) mass is 369 g/mol. The molecule has 1 aliphatic rings. The maximum absolute atomic E-state index is 14.5. The van der Waals surface area contributed by atoms with Gasteiger partial charge in [0, 0.05) is 16.1 Å². The van der Waals surface area contributed by atoms with Crippen molar-refractivity contribution in [3.8, 4) is 5.69 Å². The van der Waals surface area contributed by atoms with Crippen molar-refractivity contribution < 1.29 is 14.3 Å². The maximum atomic E-state index is 14.5. The lowest BCUT2D eigenvalue weighted by molar-refractivity contribution is 0.0689. The molecule has 0 amide bonds. The van der Waals surface area contributed by atoms with Crippen LogP contribution in [0.3, 0.4) is 0 Å². The number of hydrogen-bond acceptors (Lipinski definition) is 3. The highest BCUT2D eigenvalue weighted by atomic mass is 35.5. The first-order valence-electron chi connectivity index (χ1n) is 7.91. The van der Waals surface area contributed by atoms with Crippen LogP contribution in [0.4, 0.5) is 4.39 Å². The zero-order valence-corrected chi connectivity index (χ0v) is 14.4. The van der Waals surface area contributed by atoms with E-state index in [2.05, 4.69) is 9.98 Å². The average molecular weight is 370 g/mol. The Morgan fingerprint density at radius 2 is 2.00 bits per heavy atom. The standard InChI is InChI=1S/C19H13ClFN3O2/c1-10-18-17(19(25)26)22-9-24(18)15-7-6-11(20)8-13(15)16(23-10)12-4-2-3-5-14(12)21/h2-10H,1H3,(H,25,26). The van der Waals surface area contributed by atoms with Gasteiger partial charge in [0.25, 0.3) is 0 Å². The smallest absolute Gasteiger partial charge is 0.356 e. The molecule has 7 heteroatoms. The second-order valence-electron chi connectivity index (χ2n) is 5.95. The van der Waals surface area contributed by atoms with Crippen LogP contribution in [0, 0.1) is 5.82 Å². The number of rotatable bonds is 2. The summed E-state index contributed by atoms with van der Waals surface area (Å²) in [5, 5.41) is 9.93. The molecule has 0 aliphatic carbocycles. The van der Waals surface area contributed by atoms with Gasteiger partial charge in [-0.1, -0.05) is 23.7 Å². The highest BCUT2D eigenvalue weighted by Crippen LogP contribution is 2.34. The van der Waals surface area contributed by atoms with Gasteiger partial charge in [-0.05, 0) is 37.3 Å². The highest BCUT2D eigenvalue weighted by Gasteiger charge is 2.29. The summed E-state index contributed by atoms with van der Waals surface area (Å²) in [6, 6.07) is 10.9. The summed E-state index contributed by atoms with van der Waals surface area (Å²) in [5.74, 6) is -1.54. The van der Waals surface area contributed by atoms with Crippen LogP contribution >= 0.6 is 11.6 Å². The Bertz CT molecular complexity index is 1070. The van der Waals surface area contributed by atoms with Crippen LogP contribution in [0.1, 0.15) is 40.3 Å². The number of aliphatic imine (C=N–C) groups is 1. The predicted octanol–water partition coefficient (Wildman–Crippen LogP) is 4.28. The van der Waals surface area contributed by atoms with Gasteiger partial charge in [-0.3, -0.25) is 9.56 Å². The van der Waals surface area contributed by atoms with Crippen molar-refractivity contribution >= 4 is 23.3 Å². The van der Waals surface area contributed by atoms with Crippen molar-refractivity contribution in [3.05, 3.63) is 82.1 Å². The third-order valence-corrected chi connectivity index (χ3v) is 4.56. The molecule has 0 saturated carbocycles. The molecule has 26 heavy (non-hydrogen) atoms. The number of benzene rings is 2. The fourth-order valence-electron chi connectivity index (χ4n) is 3.21. The maximum Gasteiger partial charge on any atom is 0.356 e. The summed E-state index contributed by atoms with van der Waals surface area (Å²) in [5.41, 5.74) is 2.38. The molecule has 3 aromatic rings. The molecule has 0 saturated heterocycles. The summed E-state index contributed by atoms with van der Waals surface area (Å²) in [7, 11) is 0. The van der Waals surface area contributed by atoms with Gasteiger partial charge >= 0.3 is 5.97 Å². The van der Waals surface area contributed by atoms with E-state index in [1.54, 1.807) is 47.9 Å². The number of fused-ring (bicyclic) bond motifs is 3. The first kappa shape index (κ1) is 16.5. The van der Waals surface area contributed by atoms with Crippen LogP contribution in [0.15, 0.2) is 53.8 Å². The number of aromatic carboxylic acids is 1. The van der Waals surface area contributed by atoms with Crippen molar-refractivity contribution in [2.75, 3.05) is 0 Å². The summed E-state index contributed by atoms with van der Waals surface area (Å²) in [6.45, 7) is 1.76. The lowest BCUT2D eigenvalue weighted by atomic mass is 10.00. The van der Waals surface area contributed by atoms with Crippen molar-refractivity contribution in [3.63, 3.8) is 0 Å². The quantitative estimate of drug-likeness (QED) is 0.733.